The van der Waals surface area contributed by atoms with Crippen LogP contribution < -0.4 is 10.6 Å². The Kier molecular flexibility index (Phi) is 4.74. The number of hydrogen-bond donors (Lipinski definition) is 2. The zero-order valence-corrected chi connectivity index (χ0v) is 9.27. The lowest BCUT2D eigenvalue weighted by Crippen LogP contribution is -2.38. The molecule has 1 rings (SSSR count). The Hall–Kier alpha value is -0.0800. The molecule has 0 saturated heterocycles. The molecule has 0 aliphatic heterocycles. The Morgan fingerprint density at radius 3 is 2.38 bits per heavy atom. The lowest BCUT2D eigenvalue weighted by atomic mass is 10.2. The van der Waals surface area contributed by atoms with E-state index in [9.17, 15) is 0 Å². The minimum absolute atomic E-state index is 0.624. The quantitative estimate of drug-likeness (QED) is 0.628. The minimum atomic E-state index is 0.624. The van der Waals surface area contributed by atoms with E-state index in [0.29, 0.717) is 6.04 Å². The summed E-state index contributed by atoms with van der Waals surface area (Å²) in [6, 6.07) is 0.624. The molecule has 1 atom stereocenters. The standard InChI is InChI=1S/C11H24N2/c1-9(2)6-12-7-10(3)13-8-11-4-5-11/h9-13H,4-8H2,1-3H3. The zero-order valence-electron chi connectivity index (χ0n) is 9.27. The van der Waals surface area contributed by atoms with Gasteiger partial charge in [0.05, 0.1) is 0 Å². The maximum Gasteiger partial charge on any atom is 0.0164 e. The van der Waals surface area contributed by atoms with Crippen LogP contribution in [0, 0.1) is 11.8 Å². The van der Waals surface area contributed by atoms with Crippen molar-refractivity contribution < 1.29 is 0 Å². The lowest BCUT2D eigenvalue weighted by Gasteiger charge is -2.15. The van der Waals surface area contributed by atoms with Gasteiger partial charge in [0.2, 0.25) is 0 Å². The van der Waals surface area contributed by atoms with Crippen LogP contribution in [0.1, 0.15) is 33.6 Å². The highest BCUT2D eigenvalue weighted by Crippen LogP contribution is 2.27. The molecule has 78 valence electrons. The molecule has 0 bridgehead atoms. The lowest BCUT2D eigenvalue weighted by molar-refractivity contribution is 0.465. The SMILES string of the molecule is CC(C)CNCC(C)NCC1CC1. The largest absolute Gasteiger partial charge is 0.315 e. The van der Waals surface area contributed by atoms with Crippen molar-refractivity contribution in [1.29, 1.82) is 0 Å². The van der Waals surface area contributed by atoms with Gasteiger partial charge in [-0.1, -0.05) is 13.8 Å². The fourth-order valence-electron chi connectivity index (χ4n) is 1.35. The van der Waals surface area contributed by atoms with Crippen LogP contribution in [0.3, 0.4) is 0 Å². The van der Waals surface area contributed by atoms with Gasteiger partial charge in [-0.05, 0) is 44.7 Å². The smallest absolute Gasteiger partial charge is 0.0164 e. The molecule has 1 unspecified atom stereocenters. The van der Waals surface area contributed by atoms with Crippen LogP contribution in [0.5, 0.6) is 0 Å². The Labute approximate surface area is 82.5 Å². The summed E-state index contributed by atoms with van der Waals surface area (Å²) in [5.74, 6) is 1.75. The van der Waals surface area contributed by atoms with Crippen molar-refractivity contribution in [3.63, 3.8) is 0 Å². The summed E-state index contributed by atoms with van der Waals surface area (Å²) in [7, 11) is 0. The first kappa shape index (κ1) is 11.0. The van der Waals surface area contributed by atoms with Crippen molar-refractivity contribution in [1.82, 2.24) is 10.6 Å². The molecule has 0 aromatic heterocycles. The fraction of sp³-hybridized carbons (Fsp3) is 1.00. The van der Waals surface area contributed by atoms with Crippen molar-refractivity contribution in [3.05, 3.63) is 0 Å². The van der Waals surface area contributed by atoms with E-state index in [1.807, 2.05) is 0 Å². The van der Waals surface area contributed by atoms with Gasteiger partial charge >= 0.3 is 0 Å². The summed E-state index contributed by atoms with van der Waals surface area (Å²) in [6.07, 6.45) is 2.89. The molecule has 1 aliphatic carbocycles. The summed E-state index contributed by atoms with van der Waals surface area (Å²) >= 11 is 0. The molecular formula is C11H24N2. The number of rotatable bonds is 7. The molecule has 2 N–H and O–H groups in total. The normalized spacial score (nSPS) is 19.4. The zero-order chi connectivity index (χ0) is 9.68. The van der Waals surface area contributed by atoms with E-state index < -0.39 is 0 Å². The fourth-order valence-corrected chi connectivity index (χ4v) is 1.35. The Morgan fingerprint density at radius 1 is 1.15 bits per heavy atom. The second-order valence-corrected chi connectivity index (χ2v) is 4.80. The monoisotopic (exact) mass is 184 g/mol. The van der Waals surface area contributed by atoms with Gasteiger partial charge in [-0.15, -0.1) is 0 Å². The van der Waals surface area contributed by atoms with Gasteiger partial charge in [-0.2, -0.15) is 0 Å². The first-order valence-electron chi connectivity index (χ1n) is 5.62. The van der Waals surface area contributed by atoms with Gasteiger partial charge < -0.3 is 10.6 Å². The third kappa shape index (κ3) is 6.05. The van der Waals surface area contributed by atoms with E-state index in [4.69, 9.17) is 0 Å². The van der Waals surface area contributed by atoms with Crippen molar-refractivity contribution in [2.75, 3.05) is 19.6 Å². The first-order chi connectivity index (χ1) is 6.18. The second kappa shape index (κ2) is 5.61. The average molecular weight is 184 g/mol. The summed E-state index contributed by atoms with van der Waals surface area (Å²) < 4.78 is 0. The molecule has 0 aromatic rings. The molecule has 1 saturated carbocycles. The van der Waals surface area contributed by atoms with Crippen LogP contribution in [-0.4, -0.2) is 25.7 Å². The van der Waals surface area contributed by atoms with E-state index in [1.165, 1.54) is 19.4 Å². The van der Waals surface area contributed by atoms with Crippen LogP contribution in [0.15, 0.2) is 0 Å². The van der Waals surface area contributed by atoms with Crippen molar-refractivity contribution in [2.45, 2.75) is 39.7 Å². The van der Waals surface area contributed by atoms with Gasteiger partial charge in [0.1, 0.15) is 0 Å². The molecule has 0 spiro atoms. The molecule has 2 nitrogen and oxygen atoms in total. The predicted octanol–water partition coefficient (Wildman–Crippen LogP) is 1.62. The van der Waals surface area contributed by atoms with Gasteiger partial charge in [0, 0.05) is 12.6 Å². The van der Waals surface area contributed by atoms with Crippen LogP contribution in [-0.2, 0) is 0 Å². The topological polar surface area (TPSA) is 24.1 Å². The van der Waals surface area contributed by atoms with E-state index in [0.717, 1.165) is 24.9 Å². The molecule has 13 heavy (non-hydrogen) atoms. The Morgan fingerprint density at radius 2 is 1.85 bits per heavy atom. The predicted molar refractivity (Wildman–Crippen MR) is 57.9 cm³/mol. The third-order valence-corrected chi connectivity index (χ3v) is 2.46. The van der Waals surface area contributed by atoms with Crippen LogP contribution >= 0.6 is 0 Å². The highest BCUT2D eigenvalue weighted by Gasteiger charge is 2.20. The highest BCUT2D eigenvalue weighted by atomic mass is 15.0. The Bertz CT molecular complexity index is 130. The summed E-state index contributed by atoms with van der Waals surface area (Å²) in [6.45, 7) is 10.2. The molecule has 0 aromatic carbocycles. The highest BCUT2D eigenvalue weighted by molar-refractivity contribution is 4.77. The first-order valence-corrected chi connectivity index (χ1v) is 5.62. The third-order valence-electron chi connectivity index (χ3n) is 2.46. The Balaban J connectivity index is 1.87. The molecule has 2 heteroatoms. The van der Waals surface area contributed by atoms with Gasteiger partial charge in [0.15, 0.2) is 0 Å². The van der Waals surface area contributed by atoms with E-state index in [-0.39, 0.29) is 0 Å². The molecule has 0 amide bonds. The minimum Gasteiger partial charge on any atom is -0.315 e. The molecule has 0 heterocycles. The van der Waals surface area contributed by atoms with Crippen molar-refractivity contribution >= 4 is 0 Å². The van der Waals surface area contributed by atoms with Gasteiger partial charge in [-0.25, -0.2) is 0 Å². The maximum atomic E-state index is 3.56. The number of nitrogens with one attached hydrogen (secondary N) is 2. The van der Waals surface area contributed by atoms with E-state index in [1.54, 1.807) is 0 Å². The average Bonchev–Trinajstić information content (AvgIpc) is 2.83. The van der Waals surface area contributed by atoms with E-state index >= 15 is 0 Å². The maximum absolute atomic E-state index is 3.56. The van der Waals surface area contributed by atoms with Crippen LogP contribution in [0.4, 0.5) is 0 Å². The van der Waals surface area contributed by atoms with Gasteiger partial charge in [0.25, 0.3) is 0 Å². The molecule has 1 fully saturated rings. The summed E-state index contributed by atoms with van der Waals surface area (Å²) in [5, 5.41) is 7.02. The second-order valence-electron chi connectivity index (χ2n) is 4.80. The van der Waals surface area contributed by atoms with Crippen LogP contribution in [0.25, 0.3) is 0 Å². The molecule has 1 aliphatic rings. The van der Waals surface area contributed by atoms with Gasteiger partial charge in [-0.3, -0.25) is 0 Å². The van der Waals surface area contributed by atoms with Crippen LogP contribution in [0.2, 0.25) is 0 Å². The summed E-state index contributed by atoms with van der Waals surface area (Å²) in [5.41, 5.74) is 0. The van der Waals surface area contributed by atoms with E-state index in [2.05, 4.69) is 31.4 Å². The number of hydrogen-bond acceptors (Lipinski definition) is 2. The van der Waals surface area contributed by atoms with Crippen molar-refractivity contribution in [2.24, 2.45) is 11.8 Å². The van der Waals surface area contributed by atoms with Crippen molar-refractivity contribution in [3.8, 4) is 0 Å². The molecule has 0 radical (unpaired) electrons. The molecular weight excluding hydrogens is 160 g/mol. The summed E-state index contributed by atoms with van der Waals surface area (Å²) in [4.78, 5) is 0.